The topological polar surface area (TPSA) is 47.1 Å². The molecule has 2 aromatic rings. The van der Waals surface area contributed by atoms with Gasteiger partial charge in [-0.2, -0.15) is 0 Å². The van der Waals surface area contributed by atoms with Crippen LogP contribution in [0.25, 0.3) is 5.57 Å². The monoisotopic (exact) mass is 450 g/mol. The Labute approximate surface area is 194 Å². The number of anilines is 2. The molecule has 2 aliphatic rings. The minimum atomic E-state index is -0.377. The van der Waals surface area contributed by atoms with Crippen LogP contribution in [0.5, 0.6) is 0 Å². The van der Waals surface area contributed by atoms with Crippen molar-refractivity contribution in [1.29, 1.82) is 0 Å². The first-order valence-electron chi connectivity index (χ1n) is 11.7. The highest BCUT2D eigenvalue weighted by molar-refractivity contribution is 6.45. The SMILES string of the molecule is CCN1CCN(C2=C(c3ccc(F)cc3)C(=O)N(c3ccc(N(CC)CC)cc3)C2=O)CC1. The molecule has 2 aromatic carbocycles. The molecule has 0 bridgehead atoms. The average Bonchev–Trinajstić information content (AvgIpc) is 3.11. The van der Waals surface area contributed by atoms with Crippen LogP contribution < -0.4 is 9.80 Å². The molecule has 1 saturated heterocycles. The summed E-state index contributed by atoms with van der Waals surface area (Å²) in [6.07, 6.45) is 0. The number of carbonyl (C=O) groups is 2. The van der Waals surface area contributed by atoms with Gasteiger partial charge in [-0.3, -0.25) is 9.59 Å². The average molecular weight is 451 g/mol. The van der Waals surface area contributed by atoms with Crippen molar-refractivity contribution in [3.05, 3.63) is 65.6 Å². The van der Waals surface area contributed by atoms with Crippen molar-refractivity contribution in [2.24, 2.45) is 0 Å². The van der Waals surface area contributed by atoms with Gasteiger partial charge >= 0.3 is 0 Å². The van der Waals surface area contributed by atoms with Crippen LogP contribution >= 0.6 is 0 Å². The smallest absolute Gasteiger partial charge is 0.282 e. The number of hydrogen-bond donors (Lipinski definition) is 0. The highest BCUT2D eigenvalue weighted by atomic mass is 19.1. The number of amides is 2. The van der Waals surface area contributed by atoms with E-state index in [1.165, 1.54) is 17.0 Å². The third-order valence-electron chi connectivity index (χ3n) is 6.56. The third kappa shape index (κ3) is 4.37. The molecular formula is C26H31FN4O2. The van der Waals surface area contributed by atoms with E-state index in [-0.39, 0.29) is 17.6 Å². The standard InChI is InChI=1S/C26H31FN4O2/c1-4-28-15-17-30(18-16-28)24-23(19-7-9-20(27)10-8-19)25(32)31(26(24)33)22-13-11-21(12-14-22)29(5-2)6-3/h7-14H,4-6,15-18H2,1-3H3. The number of imide groups is 1. The maximum atomic E-state index is 13.7. The molecule has 0 N–H and O–H groups in total. The van der Waals surface area contributed by atoms with Crippen molar-refractivity contribution in [3.8, 4) is 0 Å². The second-order valence-electron chi connectivity index (χ2n) is 8.29. The van der Waals surface area contributed by atoms with E-state index in [4.69, 9.17) is 0 Å². The van der Waals surface area contributed by atoms with Gasteiger partial charge in [0, 0.05) is 45.0 Å². The summed E-state index contributed by atoms with van der Waals surface area (Å²) in [5.74, 6) is -1.06. The fourth-order valence-electron chi connectivity index (χ4n) is 4.61. The lowest BCUT2D eigenvalue weighted by Gasteiger charge is -2.36. The van der Waals surface area contributed by atoms with Crippen LogP contribution in [-0.2, 0) is 9.59 Å². The van der Waals surface area contributed by atoms with Crippen molar-refractivity contribution >= 4 is 28.8 Å². The molecule has 0 saturated carbocycles. The van der Waals surface area contributed by atoms with E-state index in [9.17, 15) is 14.0 Å². The fraction of sp³-hybridized carbons (Fsp3) is 0.385. The first kappa shape index (κ1) is 23.0. The number of likely N-dealkylation sites (N-methyl/N-ethyl adjacent to an activating group) is 1. The molecule has 2 amide bonds. The lowest BCUT2D eigenvalue weighted by molar-refractivity contribution is -0.120. The maximum Gasteiger partial charge on any atom is 0.282 e. The first-order chi connectivity index (χ1) is 16.0. The van der Waals surface area contributed by atoms with Gasteiger partial charge in [-0.1, -0.05) is 19.1 Å². The molecule has 6 nitrogen and oxygen atoms in total. The van der Waals surface area contributed by atoms with E-state index in [0.717, 1.165) is 38.4 Å². The molecule has 0 radical (unpaired) electrons. The Morgan fingerprint density at radius 1 is 0.818 bits per heavy atom. The molecule has 1 fully saturated rings. The normalized spacial score (nSPS) is 17.3. The summed E-state index contributed by atoms with van der Waals surface area (Å²) in [7, 11) is 0. The summed E-state index contributed by atoms with van der Waals surface area (Å²) in [5.41, 5.74) is 2.91. The van der Waals surface area contributed by atoms with E-state index in [1.807, 2.05) is 29.2 Å². The Morgan fingerprint density at radius 3 is 1.97 bits per heavy atom. The molecule has 2 heterocycles. The summed E-state index contributed by atoms with van der Waals surface area (Å²) in [4.78, 5) is 35.1. The predicted octanol–water partition coefficient (Wildman–Crippen LogP) is 3.59. The van der Waals surface area contributed by atoms with Crippen molar-refractivity contribution in [1.82, 2.24) is 9.80 Å². The number of piperazine rings is 1. The summed E-state index contributed by atoms with van der Waals surface area (Å²) < 4.78 is 13.6. The van der Waals surface area contributed by atoms with Gasteiger partial charge in [-0.25, -0.2) is 9.29 Å². The largest absolute Gasteiger partial charge is 0.372 e. The second-order valence-corrected chi connectivity index (χ2v) is 8.29. The Hall–Kier alpha value is -3.19. The summed E-state index contributed by atoms with van der Waals surface area (Å²) in [5, 5.41) is 0. The number of benzene rings is 2. The van der Waals surface area contributed by atoms with Gasteiger partial charge in [0.2, 0.25) is 0 Å². The van der Waals surface area contributed by atoms with Crippen LogP contribution in [0, 0.1) is 5.82 Å². The predicted molar refractivity (Wildman–Crippen MR) is 130 cm³/mol. The zero-order chi connectivity index (χ0) is 23.5. The zero-order valence-electron chi connectivity index (χ0n) is 19.6. The highest BCUT2D eigenvalue weighted by Crippen LogP contribution is 2.35. The number of halogens is 1. The van der Waals surface area contributed by atoms with Gasteiger partial charge in [0.15, 0.2) is 0 Å². The molecule has 0 aliphatic carbocycles. The Bertz CT molecular complexity index is 1040. The number of carbonyl (C=O) groups excluding carboxylic acids is 2. The fourth-order valence-corrected chi connectivity index (χ4v) is 4.61. The summed E-state index contributed by atoms with van der Waals surface area (Å²) in [6, 6.07) is 13.3. The van der Waals surface area contributed by atoms with Crippen LogP contribution in [0.3, 0.4) is 0 Å². The number of nitrogens with zero attached hydrogens (tertiary/aromatic N) is 4. The summed E-state index contributed by atoms with van der Waals surface area (Å²) >= 11 is 0. The minimum Gasteiger partial charge on any atom is -0.372 e. The molecule has 4 rings (SSSR count). The molecule has 0 unspecified atom stereocenters. The molecule has 33 heavy (non-hydrogen) atoms. The quantitative estimate of drug-likeness (QED) is 0.604. The molecule has 7 heteroatoms. The summed E-state index contributed by atoms with van der Waals surface area (Å²) in [6.45, 7) is 12.0. The Morgan fingerprint density at radius 2 is 1.42 bits per heavy atom. The highest BCUT2D eigenvalue weighted by Gasteiger charge is 2.43. The zero-order valence-corrected chi connectivity index (χ0v) is 19.6. The van der Waals surface area contributed by atoms with Crippen molar-refractivity contribution in [3.63, 3.8) is 0 Å². The van der Waals surface area contributed by atoms with Crippen LogP contribution in [0.4, 0.5) is 15.8 Å². The van der Waals surface area contributed by atoms with E-state index in [1.54, 1.807) is 12.1 Å². The maximum absolute atomic E-state index is 13.7. The lowest BCUT2D eigenvalue weighted by Crippen LogP contribution is -2.47. The second kappa shape index (κ2) is 9.75. The lowest BCUT2D eigenvalue weighted by atomic mass is 10.0. The van der Waals surface area contributed by atoms with Crippen molar-refractivity contribution < 1.29 is 14.0 Å². The van der Waals surface area contributed by atoms with Gasteiger partial charge in [0.05, 0.1) is 11.3 Å². The van der Waals surface area contributed by atoms with E-state index < -0.39 is 0 Å². The van der Waals surface area contributed by atoms with E-state index in [0.29, 0.717) is 35.6 Å². The molecule has 0 spiro atoms. The van der Waals surface area contributed by atoms with Crippen LogP contribution in [-0.4, -0.2) is 67.4 Å². The van der Waals surface area contributed by atoms with Gasteiger partial charge in [0.1, 0.15) is 11.5 Å². The van der Waals surface area contributed by atoms with Crippen molar-refractivity contribution in [2.75, 3.05) is 55.6 Å². The van der Waals surface area contributed by atoms with E-state index >= 15 is 0 Å². The van der Waals surface area contributed by atoms with Gasteiger partial charge in [-0.05, 0) is 62.4 Å². The van der Waals surface area contributed by atoms with Crippen LogP contribution in [0.1, 0.15) is 26.3 Å². The minimum absolute atomic E-state index is 0.320. The Kier molecular flexibility index (Phi) is 6.79. The molecule has 0 aromatic heterocycles. The number of rotatable bonds is 7. The first-order valence-corrected chi connectivity index (χ1v) is 11.7. The third-order valence-corrected chi connectivity index (χ3v) is 6.56. The van der Waals surface area contributed by atoms with Gasteiger partial charge in [0.25, 0.3) is 11.8 Å². The van der Waals surface area contributed by atoms with Gasteiger partial charge < -0.3 is 14.7 Å². The van der Waals surface area contributed by atoms with Crippen molar-refractivity contribution in [2.45, 2.75) is 20.8 Å². The van der Waals surface area contributed by atoms with Gasteiger partial charge in [-0.15, -0.1) is 0 Å². The molecular weight excluding hydrogens is 419 g/mol. The number of hydrogen-bond acceptors (Lipinski definition) is 5. The molecule has 174 valence electrons. The molecule has 2 aliphatic heterocycles. The van der Waals surface area contributed by atoms with E-state index in [2.05, 4.69) is 30.6 Å². The Balaban J connectivity index is 1.71. The van der Waals surface area contributed by atoms with Crippen LogP contribution in [0.15, 0.2) is 54.2 Å². The molecule has 0 atom stereocenters. The van der Waals surface area contributed by atoms with Crippen LogP contribution in [0.2, 0.25) is 0 Å².